The Hall–Kier alpha value is -1.76. The van der Waals surface area contributed by atoms with E-state index >= 15 is 0 Å². The van der Waals surface area contributed by atoms with Gasteiger partial charge in [0.05, 0.1) is 12.5 Å². The van der Waals surface area contributed by atoms with E-state index in [1.165, 1.54) is 12.1 Å². The highest BCUT2D eigenvalue weighted by molar-refractivity contribution is 6.36. The van der Waals surface area contributed by atoms with Crippen molar-refractivity contribution < 1.29 is 23.1 Å². The Morgan fingerprint density at radius 2 is 1.82 bits per heavy atom. The lowest BCUT2D eigenvalue weighted by Crippen LogP contribution is -2.40. The number of amides is 1. The molecule has 28 heavy (non-hydrogen) atoms. The summed E-state index contributed by atoms with van der Waals surface area (Å²) in [7, 11) is 0. The summed E-state index contributed by atoms with van der Waals surface area (Å²) in [6, 6.07) is 8.99. The van der Waals surface area contributed by atoms with Gasteiger partial charge < -0.3 is 10.0 Å². The second kappa shape index (κ2) is 7.93. The zero-order valence-corrected chi connectivity index (χ0v) is 16.4. The fourth-order valence-electron chi connectivity index (χ4n) is 3.62. The normalized spacial score (nSPS) is 18.0. The van der Waals surface area contributed by atoms with Gasteiger partial charge in [-0.3, -0.25) is 4.79 Å². The van der Waals surface area contributed by atoms with Gasteiger partial charge in [0, 0.05) is 16.6 Å². The first-order valence-electron chi connectivity index (χ1n) is 8.70. The molecule has 0 fully saturated rings. The van der Waals surface area contributed by atoms with Crippen molar-refractivity contribution in [1.29, 1.82) is 0 Å². The summed E-state index contributed by atoms with van der Waals surface area (Å²) >= 11 is 12.3. The molecule has 0 radical (unpaired) electrons. The molecule has 1 amide bonds. The number of carbonyl (C=O) groups is 1. The first-order valence-corrected chi connectivity index (χ1v) is 9.45. The number of alkyl halides is 3. The third-order valence-electron chi connectivity index (χ3n) is 5.08. The standard InChI is InChI=1S/C20H18Cl2F3NO2/c1-11-12-4-2-5-14(19(28)20(23,24)25)13(12)8-9-26(11)18(27)10-15-16(21)6-3-7-17(15)22/h2-7,11,19,28H,8-10H2,1H3/t11-,19?/m0/s1. The molecule has 1 aliphatic rings. The molecule has 8 heteroatoms. The molecule has 2 atom stereocenters. The lowest BCUT2D eigenvalue weighted by Gasteiger charge is -2.37. The van der Waals surface area contributed by atoms with Gasteiger partial charge in [0.15, 0.2) is 6.10 Å². The van der Waals surface area contributed by atoms with Gasteiger partial charge in [0.2, 0.25) is 5.91 Å². The number of rotatable bonds is 3. The SMILES string of the molecule is C[C@H]1c2cccc(C(O)C(F)(F)F)c2CCN1C(=O)Cc1c(Cl)cccc1Cl. The van der Waals surface area contributed by atoms with E-state index in [0.717, 1.165) is 0 Å². The van der Waals surface area contributed by atoms with Crippen molar-refractivity contribution in [2.24, 2.45) is 0 Å². The molecule has 0 aromatic heterocycles. The summed E-state index contributed by atoms with van der Waals surface area (Å²) in [6.45, 7) is 2.00. The van der Waals surface area contributed by atoms with Crippen molar-refractivity contribution >= 4 is 29.1 Å². The van der Waals surface area contributed by atoms with Crippen LogP contribution in [0.2, 0.25) is 10.0 Å². The van der Waals surface area contributed by atoms with Crippen LogP contribution in [0.25, 0.3) is 0 Å². The minimum absolute atomic E-state index is 0.00302. The Balaban J connectivity index is 1.87. The second-order valence-electron chi connectivity index (χ2n) is 6.75. The topological polar surface area (TPSA) is 40.5 Å². The first kappa shape index (κ1) is 21.0. The summed E-state index contributed by atoms with van der Waals surface area (Å²) in [5.74, 6) is -0.213. The van der Waals surface area contributed by atoms with Crippen LogP contribution < -0.4 is 0 Å². The van der Waals surface area contributed by atoms with Crippen LogP contribution in [0.1, 0.15) is 41.3 Å². The molecule has 0 saturated carbocycles. The molecule has 150 valence electrons. The quantitative estimate of drug-likeness (QED) is 0.718. The van der Waals surface area contributed by atoms with Gasteiger partial charge in [-0.05, 0) is 47.7 Å². The Morgan fingerprint density at radius 3 is 2.43 bits per heavy atom. The van der Waals surface area contributed by atoms with Crippen LogP contribution >= 0.6 is 23.2 Å². The molecule has 2 aromatic carbocycles. The molecule has 0 spiro atoms. The van der Waals surface area contributed by atoms with Gasteiger partial charge in [-0.1, -0.05) is 47.5 Å². The first-order chi connectivity index (χ1) is 13.1. The van der Waals surface area contributed by atoms with Crippen molar-refractivity contribution in [3.05, 3.63) is 68.7 Å². The molecule has 1 N–H and O–H groups in total. The average molecular weight is 432 g/mol. The number of nitrogens with zero attached hydrogens (tertiary/aromatic N) is 1. The maximum absolute atomic E-state index is 13.0. The zero-order chi connectivity index (χ0) is 20.6. The maximum atomic E-state index is 13.0. The van der Waals surface area contributed by atoms with Crippen molar-refractivity contribution in [2.75, 3.05) is 6.54 Å². The van der Waals surface area contributed by atoms with E-state index < -0.39 is 18.3 Å². The van der Waals surface area contributed by atoms with Crippen molar-refractivity contribution in [3.63, 3.8) is 0 Å². The Morgan fingerprint density at radius 1 is 1.21 bits per heavy atom. The molecule has 3 rings (SSSR count). The average Bonchev–Trinajstić information content (AvgIpc) is 2.63. The second-order valence-corrected chi connectivity index (χ2v) is 7.56. The Bertz CT molecular complexity index is 881. The van der Waals surface area contributed by atoms with Crippen LogP contribution in [0.3, 0.4) is 0 Å². The van der Waals surface area contributed by atoms with Crippen LogP contribution in [-0.2, 0) is 17.6 Å². The highest BCUT2D eigenvalue weighted by Crippen LogP contribution is 2.39. The van der Waals surface area contributed by atoms with Crippen LogP contribution in [-0.4, -0.2) is 28.6 Å². The lowest BCUT2D eigenvalue weighted by molar-refractivity contribution is -0.207. The van der Waals surface area contributed by atoms with E-state index in [-0.39, 0.29) is 30.9 Å². The van der Waals surface area contributed by atoms with Crippen molar-refractivity contribution in [3.8, 4) is 0 Å². The molecular formula is C20H18Cl2F3NO2. The smallest absolute Gasteiger partial charge is 0.379 e. The van der Waals surface area contributed by atoms with E-state index in [4.69, 9.17) is 23.2 Å². The van der Waals surface area contributed by atoms with Gasteiger partial charge in [-0.25, -0.2) is 0 Å². The zero-order valence-electron chi connectivity index (χ0n) is 14.9. The minimum Gasteiger partial charge on any atom is -0.379 e. The predicted octanol–water partition coefficient (Wildman–Crippen LogP) is 5.28. The fourth-order valence-corrected chi connectivity index (χ4v) is 4.16. The van der Waals surface area contributed by atoms with Gasteiger partial charge in [-0.2, -0.15) is 13.2 Å². The number of aliphatic hydroxyl groups is 1. The monoisotopic (exact) mass is 431 g/mol. The summed E-state index contributed by atoms with van der Waals surface area (Å²) in [4.78, 5) is 14.5. The Labute approximate surface area is 170 Å². The van der Waals surface area contributed by atoms with E-state index in [0.29, 0.717) is 26.7 Å². The van der Waals surface area contributed by atoms with E-state index in [1.807, 2.05) is 0 Å². The van der Waals surface area contributed by atoms with Crippen LogP contribution in [0, 0.1) is 0 Å². The molecule has 2 aromatic rings. The third-order valence-corrected chi connectivity index (χ3v) is 5.79. The van der Waals surface area contributed by atoms with Crippen LogP contribution in [0.5, 0.6) is 0 Å². The molecule has 1 unspecified atom stereocenters. The summed E-state index contributed by atoms with van der Waals surface area (Å²) in [5, 5.41) is 10.5. The molecule has 1 aliphatic heterocycles. The number of halogens is 5. The lowest BCUT2D eigenvalue weighted by atomic mass is 9.87. The van der Waals surface area contributed by atoms with E-state index in [1.54, 1.807) is 36.1 Å². The maximum Gasteiger partial charge on any atom is 0.418 e. The van der Waals surface area contributed by atoms with Gasteiger partial charge in [0.25, 0.3) is 0 Å². The number of benzene rings is 2. The van der Waals surface area contributed by atoms with E-state index in [9.17, 15) is 23.1 Å². The number of hydrogen-bond donors (Lipinski definition) is 1. The van der Waals surface area contributed by atoms with Crippen LogP contribution in [0.15, 0.2) is 36.4 Å². The number of fused-ring (bicyclic) bond motifs is 1. The third kappa shape index (κ3) is 4.00. The van der Waals surface area contributed by atoms with Crippen molar-refractivity contribution in [2.45, 2.75) is 38.1 Å². The molecular weight excluding hydrogens is 414 g/mol. The van der Waals surface area contributed by atoms with Crippen LogP contribution in [0.4, 0.5) is 13.2 Å². The Kier molecular flexibility index (Phi) is 5.94. The van der Waals surface area contributed by atoms with Crippen molar-refractivity contribution in [1.82, 2.24) is 4.90 Å². The van der Waals surface area contributed by atoms with Gasteiger partial charge in [-0.15, -0.1) is 0 Å². The molecule has 0 bridgehead atoms. The minimum atomic E-state index is -4.74. The largest absolute Gasteiger partial charge is 0.418 e. The summed E-state index contributed by atoms with van der Waals surface area (Å²) in [6.07, 6.45) is -7.06. The number of hydrogen-bond acceptors (Lipinski definition) is 2. The van der Waals surface area contributed by atoms with Gasteiger partial charge >= 0.3 is 6.18 Å². The fraction of sp³-hybridized carbons (Fsp3) is 0.350. The molecule has 3 nitrogen and oxygen atoms in total. The predicted molar refractivity (Wildman–Crippen MR) is 101 cm³/mol. The summed E-state index contributed by atoms with van der Waals surface area (Å²) in [5.41, 5.74) is 1.42. The highest BCUT2D eigenvalue weighted by Gasteiger charge is 2.42. The molecule has 0 aliphatic carbocycles. The summed E-state index contributed by atoms with van der Waals surface area (Å²) < 4.78 is 39.0. The van der Waals surface area contributed by atoms with E-state index in [2.05, 4.69) is 0 Å². The molecule has 0 saturated heterocycles. The number of aliphatic hydroxyl groups excluding tert-OH is 1. The molecule has 1 heterocycles. The number of carbonyl (C=O) groups excluding carboxylic acids is 1. The van der Waals surface area contributed by atoms with Gasteiger partial charge in [0.1, 0.15) is 0 Å². The highest BCUT2D eigenvalue weighted by atomic mass is 35.5.